The van der Waals surface area contributed by atoms with Gasteiger partial charge in [0.25, 0.3) is 10.0 Å². The first-order valence-corrected chi connectivity index (χ1v) is 12.3. The van der Waals surface area contributed by atoms with Gasteiger partial charge >= 0.3 is 0 Å². The summed E-state index contributed by atoms with van der Waals surface area (Å²) in [5.74, 6) is 1.79. The molecule has 3 rings (SSSR count). The van der Waals surface area contributed by atoms with Crippen molar-refractivity contribution in [2.24, 2.45) is 0 Å². The van der Waals surface area contributed by atoms with Gasteiger partial charge in [0, 0.05) is 6.07 Å². The Bertz CT molecular complexity index is 1380. The molecule has 0 bridgehead atoms. The SMILES string of the molecule is COc1ccc(S(=O)(=O)Nc2cc(C=Cc3cc(OC)c(OC)c(OC)c3)cc(OC)c2OC)cc1O. The van der Waals surface area contributed by atoms with Crippen LogP contribution in [0, 0.1) is 0 Å². The molecule has 0 atom stereocenters. The van der Waals surface area contributed by atoms with E-state index in [0.29, 0.717) is 28.6 Å². The summed E-state index contributed by atoms with van der Waals surface area (Å²) in [7, 11) is 4.70. The van der Waals surface area contributed by atoms with Gasteiger partial charge in [-0.15, -0.1) is 0 Å². The Morgan fingerprint density at radius 3 is 1.59 bits per heavy atom. The van der Waals surface area contributed by atoms with Crippen molar-refractivity contribution in [1.82, 2.24) is 0 Å². The quantitative estimate of drug-likeness (QED) is 0.346. The fraction of sp³-hybridized carbons (Fsp3) is 0.231. The third kappa shape index (κ3) is 5.95. The molecule has 2 N–H and O–H groups in total. The minimum absolute atomic E-state index is 0.140. The van der Waals surface area contributed by atoms with Crippen LogP contribution in [0.3, 0.4) is 0 Å². The summed E-state index contributed by atoms with van der Waals surface area (Å²) in [6.45, 7) is 0. The van der Waals surface area contributed by atoms with Crippen molar-refractivity contribution in [2.45, 2.75) is 4.90 Å². The molecule has 3 aromatic carbocycles. The largest absolute Gasteiger partial charge is 0.504 e. The number of methoxy groups -OCH3 is 6. The molecule has 0 spiro atoms. The monoisotopic (exact) mass is 531 g/mol. The second kappa shape index (κ2) is 11.7. The minimum Gasteiger partial charge on any atom is -0.504 e. The van der Waals surface area contributed by atoms with Gasteiger partial charge in [-0.2, -0.15) is 0 Å². The first-order chi connectivity index (χ1) is 17.7. The van der Waals surface area contributed by atoms with Crippen molar-refractivity contribution < 1.29 is 41.9 Å². The van der Waals surface area contributed by atoms with E-state index in [0.717, 1.165) is 11.6 Å². The average Bonchev–Trinajstić information content (AvgIpc) is 2.90. The number of anilines is 1. The minimum atomic E-state index is -4.10. The van der Waals surface area contributed by atoms with E-state index in [9.17, 15) is 13.5 Å². The highest BCUT2D eigenvalue weighted by Crippen LogP contribution is 2.40. The van der Waals surface area contributed by atoms with E-state index in [4.69, 9.17) is 28.4 Å². The third-order valence-corrected chi connectivity index (χ3v) is 6.72. The van der Waals surface area contributed by atoms with Crippen LogP contribution < -0.4 is 33.1 Å². The second-order valence-electron chi connectivity index (χ2n) is 7.54. The van der Waals surface area contributed by atoms with E-state index in [2.05, 4.69) is 4.72 Å². The maximum atomic E-state index is 13.1. The molecule has 10 nitrogen and oxygen atoms in total. The fourth-order valence-corrected chi connectivity index (χ4v) is 4.66. The topological polar surface area (TPSA) is 122 Å². The standard InChI is InChI=1S/C26H29NO9S/c1-31-21-10-9-18(15-20(21)28)37(29,30)27-19-11-16(12-22(32-2)25(19)35-5)7-8-17-13-23(33-3)26(36-6)24(14-17)34-4/h7-15,27-28H,1-6H3. The number of ether oxygens (including phenoxy) is 6. The molecule has 0 radical (unpaired) electrons. The summed E-state index contributed by atoms with van der Waals surface area (Å²) in [5.41, 5.74) is 1.50. The Morgan fingerprint density at radius 2 is 1.14 bits per heavy atom. The number of nitrogens with one attached hydrogen (secondary N) is 1. The van der Waals surface area contributed by atoms with Crippen LogP contribution in [0.25, 0.3) is 12.2 Å². The summed E-state index contributed by atoms with van der Waals surface area (Å²) in [5, 5.41) is 10.0. The molecule has 0 saturated heterocycles. The summed E-state index contributed by atoms with van der Waals surface area (Å²) in [6.07, 6.45) is 3.56. The van der Waals surface area contributed by atoms with Gasteiger partial charge in [-0.25, -0.2) is 8.42 Å². The first-order valence-electron chi connectivity index (χ1n) is 10.8. The Kier molecular flexibility index (Phi) is 8.61. The maximum absolute atomic E-state index is 13.1. The molecular weight excluding hydrogens is 502 g/mol. The Morgan fingerprint density at radius 1 is 0.649 bits per heavy atom. The molecule has 0 amide bonds. The summed E-state index contributed by atoms with van der Waals surface area (Å²) in [4.78, 5) is -0.162. The molecule has 0 aliphatic heterocycles. The number of phenols is 1. The molecule has 0 fully saturated rings. The predicted molar refractivity (Wildman–Crippen MR) is 140 cm³/mol. The zero-order valence-corrected chi connectivity index (χ0v) is 22.1. The molecular formula is C26H29NO9S. The van der Waals surface area contributed by atoms with Crippen LogP contribution in [0.5, 0.6) is 40.2 Å². The van der Waals surface area contributed by atoms with Gasteiger partial charge in [0.05, 0.1) is 53.2 Å². The van der Waals surface area contributed by atoms with E-state index < -0.39 is 10.0 Å². The number of aromatic hydroxyl groups is 1. The molecule has 37 heavy (non-hydrogen) atoms. The normalized spacial score (nSPS) is 11.2. The van der Waals surface area contributed by atoms with E-state index in [1.165, 1.54) is 54.8 Å². The average molecular weight is 532 g/mol. The van der Waals surface area contributed by atoms with Crippen LogP contribution in [0.15, 0.2) is 47.4 Å². The van der Waals surface area contributed by atoms with Gasteiger partial charge in [0.1, 0.15) is 0 Å². The Balaban J connectivity index is 2.03. The van der Waals surface area contributed by atoms with E-state index in [1.807, 2.05) is 0 Å². The van der Waals surface area contributed by atoms with Gasteiger partial charge in [0.15, 0.2) is 34.5 Å². The lowest BCUT2D eigenvalue weighted by Crippen LogP contribution is -2.14. The molecule has 11 heteroatoms. The molecule has 198 valence electrons. The summed E-state index contributed by atoms with van der Waals surface area (Å²) >= 11 is 0. The maximum Gasteiger partial charge on any atom is 0.262 e. The van der Waals surface area contributed by atoms with Crippen molar-refractivity contribution in [3.8, 4) is 40.2 Å². The lowest BCUT2D eigenvalue weighted by Gasteiger charge is -2.16. The zero-order chi connectivity index (χ0) is 27.2. The molecule has 0 heterocycles. The third-order valence-electron chi connectivity index (χ3n) is 5.36. The number of hydrogen-bond acceptors (Lipinski definition) is 9. The molecule has 0 aliphatic carbocycles. The van der Waals surface area contributed by atoms with Crippen LogP contribution in [0.2, 0.25) is 0 Å². The van der Waals surface area contributed by atoms with Crippen molar-refractivity contribution in [2.75, 3.05) is 47.4 Å². The first kappa shape index (κ1) is 27.3. The van der Waals surface area contributed by atoms with Gasteiger partial charge in [0.2, 0.25) is 5.75 Å². The lowest BCUT2D eigenvalue weighted by atomic mass is 10.1. The van der Waals surface area contributed by atoms with Gasteiger partial charge in [-0.1, -0.05) is 12.2 Å². The number of benzene rings is 3. The lowest BCUT2D eigenvalue weighted by molar-refractivity contribution is 0.324. The van der Waals surface area contributed by atoms with Crippen LogP contribution >= 0.6 is 0 Å². The second-order valence-corrected chi connectivity index (χ2v) is 9.22. The number of hydrogen-bond donors (Lipinski definition) is 2. The molecule has 3 aromatic rings. The zero-order valence-electron chi connectivity index (χ0n) is 21.3. The number of phenolic OH excluding ortho intramolecular Hbond substituents is 1. The summed E-state index contributed by atoms with van der Waals surface area (Å²) in [6, 6.07) is 10.6. The fourth-order valence-electron chi connectivity index (χ4n) is 3.59. The van der Waals surface area contributed by atoms with Crippen molar-refractivity contribution in [1.29, 1.82) is 0 Å². The highest BCUT2D eigenvalue weighted by Gasteiger charge is 2.21. The number of rotatable bonds is 11. The van der Waals surface area contributed by atoms with Gasteiger partial charge in [-0.05, 0) is 47.5 Å². The number of sulfonamides is 1. The van der Waals surface area contributed by atoms with Crippen molar-refractivity contribution in [3.63, 3.8) is 0 Å². The predicted octanol–water partition coefficient (Wildman–Crippen LogP) is 4.42. The molecule has 0 saturated carbocycles. The Hall–Kier alpha value is -4.25. The van der Waals surface area contributed by atoms with Gasteiger partial charge in [-0.3, -0.25) is 4.72 Å². The molecule has 0 unspecified atom stereocenters. The van der Waals surface area contributed by atoms with Crippen LogP contribution in [-0.2, 0) is 10.0 Å². The highest BCUT2D eigenvalue weighted by molar-refractivity contribution is 7.92. The van der Waals surface area contributed by atoms with Crippen molar-refractivity contribution in [3.05, 3.63) is 53.6 Å². The van der Waals surface area contributed by atoms with E-state index in [-0.39, 0.29) is 27.8 Å². The molecule has 0 aromatic heterocycles. The smallest absolute Gasteiger partial charge is 0.262 e. The Labute approximate surface area is 216 Å². The summed E-state index contributed by atoms with van der Waals surface area (Å²) < 4.78 is 60.7. The van der Waals surface area contributed by atoms with Crippen LogP contribution in [0.4, 0.5) is 5.69 Å². The van der Waals surface area contributed by atoms with E-state index >= 15 is 0 Å². The van der Waals surface area contributed by atoms with Crippen LogP contribution in [-0.4, -0.2) is 56.2 Å². The van der Waals surface area contributed by atoms with Crippen molar-refractivity contribution >= 4 is 27.9 Å². The van der Waals surface area contributed by atoms with E-state index in [1.54, 1.807) is 36.4 Å². The highest BCUT2D eigenvalue weighted by atomic mass is 32.2. The van der Waals surface area contributed by atoms with Gasteiger partial charge < -0.3 is 33.5 Å². The van der Waals surface area contributed by atoms with Crippen LogP contribution in [0.1, 0.15) is 11.1 Å². The molecule has 0 aliphatic rings.